The number of anilines is 2. The standard InChI is InChI=1S/C15H26N4/c1-4-10-16-13-12(5-2)14(18-11-17-13)19-15(6-3)8-7-9-15/h11H,4-10H2,1-3H3,(H2,16,17,18,19). The van der Waals surface area contributed by atoms with E-state index in [4.69, 9.17) is 0 Å². The van der Waals surface area contributed by atoms with Crippen molar-refractivity contribution < 1.29 is 0 Å². The maximum absolute atomic E-state index is 4.47. The fourth-order valence-electron chi connectivity index (χ4n) is 2.67. The molecule has 0 bridgehead atoms. The second kappa shape index (κ2) is 6.22. The summed E-state index contributed by atoms with van der Waals surface area (Å²) in [5, 5.41) is 7.09. The Hall–Kier alpha value is -1.32. The SMILES string of the molecule is CCCNc1ncnc(NC2(CC)CCC2)c1CC. The van der Waals surface area contributed by atoms with Crippen LogP contribution in [0.5, 0.6) is 0 Å². The minimum atomic E-state index is 0.278. The van der Waals surface area contributed by atoms with Crippen LogP contribution in [0.1, 0.15) is 58.4 Å². The first-order chi connectivity index (χ1) is 9.24. The molecule has 1 saturated carbocycles. The Balaban J connectivity index is 2.19. The smallest absolute Gasteiger partial charge is 0.135 e. The van der Waals surface area contributed by atoms with Gasteiger partial charge in [0, 0.05) is 17.6 Å². The molecule has 4 heteroatoms. The third-order valence-electron chi connectivity index (χ3n) is 4.21. The van der Waals surface area contributed by atoms with Crippen molar-refractivity contribution in [3.63, 3.8) is 0 Å². The zero-order valence-corrected chi connectivity index (χ0v) is 12.4. The van der Waals surface area contributed by atoms with Crippen molar-refractivity contribution >= 4 is 11.6 Å². The predicted molar refractivity (Wildman–Crippen MR) is 80.7 cm³/mol. The van der Waals surface area contributed by atoms with Crippen molar-refractivity contribution in [1.82, 2.24) is 9.97 Å². The van der Waals surface area contributed by atoms with E-state index in [0.717, 1.165) is 37.4 Å². The molecular weight excluding hydrogens is 236 g/mol. The van der Waals surface area contributed by atoms with Gasteiger partial charge in [-0.2, -0.15) is 0 Å². The van der Waals surface area contributed by atoms with E-state index >= 15 is 0 Å². The van der Waals surface area contributed by atoms with Crippen LogP contribution in [0.25, 0.3) is 0 Å². The third-order valence-corrected chi connectivity index (χ3v) is 4.21. The second-order valence-corrected chi connectivity index (χ2v) is 5.44. The van der Waals surface area contributed by atoms with Gasteiger partial charge in [0.1, 0.15) is 18.0 Å². The van der Waals surface area contributed by atoms with Crippen LogP contribution in [-0.2, 0) is 6.42 Å². The molecule has 0 radical (unpaired) electrons. The molecule has 1 aliphatic rings. The molecule has 1 heterocycles. The molecule has 1 aromatic heterocycles. The number of hydrogen-bond acceptors (Lipinski definition) is 4. The summed E-state index contributed by atoms with van der Waals surface area (Å²) >= 11 is 0. The van der Waals surface area contributed by atoms with Crippen molar-refractivity contribution in [3.8, 4) is 0 Å². The van der Waals surface area contributed by atoms with Crippen molar-refractivity contribution in [1.29, 1.82) is 0 Å². The van der Waals surface area contributed by atoms with Crippen LogP contribution in [0.4, 0.5) is 11.6 Å². The van der Waals surface area contributed by atoms with Gasteiger partial charge in [0.25, 0.3) is 0 Å². The zero-order chi connectivity index (χ0) is 13.7. The molecule has 1 fully saturated rings. The highest BCUT2D eigenvalue weighted by Crippen LogP contribution is 2.38. The Morgan fingerprint density at radius 1 is 1.16 bits per heavy atom. The van der Waals surface area contributed by atoms with E-state index in [1.54, 1.807) is 6.33 Å². The summed E-state index contributed by atoms with van der Waals surface area (Å²) in [5.74, 6) is 2.02. The van der Waals surface area contributed by atoms with Gasteiger partial charge in [-0.25, -0.2) is 9.97 Å². The topological polar surface area (TPSA) is 49.8 Å². The van der Waals surface area contributed by atoms with E-state index in [1.807, 2.05) is 0 Å². The molecule has 4 nitrogen and oxygen atoms in total. The molecule has 19 heavy (non-hydrogen) atoms. The molecule has 2 rings (SSSR count). The number of aromatic nitrogens is 2. The fourth-order valence-corrected chi connectivity index (χ4v) is 2.67. The summed E-state index contributed by atoms with van der Waals surface area (Å²) < 4.78 is 0. The van der Waals surface area contributed by atoms with E-state index < -0.39 is 0 Å². The molecule has 1 aliphatic carbocycles. The first-order valence-corrected chi connectivity index (χ1v) is 7.60. The van der Waals surface area contributed by atoms with Gasteiger partial charge < -0.3 is 10.6 Å². The van der Waals surface area contributed by atoms with Gasteiger partial charge in [-0.05, 0) is 38.5 Å². The lowest BCUT2D eigenvalue weighted by molar-refractivity contribution is 0.268. The lowest BCUT2D eigenvalue weighted by Gasteiger charge is -2.42. The normalized spacial score (nSPS) is 16.8. The van der Waals surface area contributed by atoms with Gasteiger partial charge >= 0.3 is 0 Å². The van der Waals surface area contributed by atoms with Crippen LogP contribution in [0.3, 0.4) is 0 Å². The molecule has 0 atom stereocenters. The minimum absolute atomic E-state index is 0.278. The van der Waals surface area contributed by atoms with Crippen molar-refractivity contribution in [2.75, 3.05) is 17.2 Å². The summed E-state index contributed by atoms with van der Waals surface area (Å²) in [6, 6.07) is 0. The predicted octanol–water partition coefficient (Wildman–Crippen LogP) is 3.61. The summed E-state index contributed by atoms with van der Waals surface area (Å²) in [7, 11) is 0. The van der Waals surface area contributed by atoms with Crippen molar-refractivity contribution in [2.24, 2.45) is 0 Å². The Labute approximate surface area is 116 Å². The summed E-state index contributed by atoms with van der Waals surface area (Å²) in [6.07, 6.45) is 8.74. The van der Waals surface area contributed by atoms with Gasteiger partial charge in [0.05, 0.1) is 0 Å². The number of hydrogen-bond donors (Lipinski definition) is 2. The number of rotatable bonds is 7. The Morgan fingerprint density at radius 2 is 1.89 bits per heavy atom. The van der Waals surface area contributed by atoms with Crippen LogP contribution in [0.2, 0.25) is 0 Å². The Kier molecular flexibility index (Phi) is 4.61. The van der Waals surface area contributed by atoms with E-state index in [2.05, 4.69) is 41.4 Å². The Morgan fingerprint density at radius 3 is 2.42 bits per heavy atom. The molecular formula is C15H26N4. The van der Waals surface area contributed by atoms with E-state index in [-0.39, 0.29) is 5.54 Å². The van der Waals surface area contributed by atoms with Crippen LogP contribution < -0.4 is 10.6 Å². The quantitative estimate of drug-likeness (QED) is 0.788. The molecule has 1 aromatic rings. The highest BCUT2D eigenvalue weighted by molar-refractivity contribution is 5.58. The maximum Gasteiger partial charge on any atom is 0.135 e. The monoisotopic (exact) mass is 262 g/mol. The summed E-state index contributed by atoms with van der Waals surface area (Å²) in [5.41, 5.74) is 1.50. The lowest BCUT2D eigenvalue weighted by atomic mass is 9.75. The molecule has 0 spiro atoms. The first kappa shape index (κ1) is 14.1. The van der Waals surface area contributed by atoms with Crippen LogP contribution in [0, 0.1) is 0 Å². The second-order valence-electron chi connectivity index (χ2n) is 5.44. The average Bonchev–Trinajstić information content (AvgIpc) is 2.40. The molecule has 0 saturated heterocycles. The van der Waals surface area contributed by atoms with Gasteiger partial charge in [0.15, 0.2) is 0 Å². The molecule has 0 aliphatic heterocycles. The molecule has 106 valence electrons. The number of nitrogens with one attached hydrogen (secondary N) is 2. The largest absolute Gasteiger partial charge is 0.370 e. The van der Waals surface area contributed by atoms with Crippen LogP contribution in [0.15, 0.2) is 6.33 Å². The zero-order valence-electron chi connectivity index (χ0n) is 12.4. The Bertz CT molecular complexity index is 407. The van der Waals surface area contributed by atoms with Gasteiger partial charge in [0.2, 0.25) is 0 Å². The molecule has 0 aromatic carbocycles. The highest BCUT2D eigenvalue weighted by Gasteiger charge is 2.35. The van der Waals surface area contributed by atoms with Crippen molar-refractivity contribution in [2.45, 2.75) is 64.8 Å². The third kappa shape index (κ3) is 2.99. The lowest BCUT2D eigenvalue weighted by Crippen LogP contribution is -2.44. The van der Waals surface area contributed by atoms with E-state index in [9.17, 15) is 0 Å². The minimum Gasteiger partial charge on any atom is -0.370 e. The first-order valence-electron chi connectivity index (χ1n) is 7.60. The van der Waals surface area contributed by atoms with Crippen LogP contribution in [-0.4, -0.2) is 22.1 Å². The van der Waals surface area contributed by atoms with E-state index in [1.165, 1.54) is 24.8 Å². The highest BCUT2D eigenvalue weighted by atomic mass is 15.1. The van der Waals surface area contributed by atoms with Crippen molar-refractivity contribution in [3.05, 3.63) is 11.9 Å². The summed E-state index contributed by atoms with van der Waals surface area (Å²) in [6.45, 7) is 7.55. The van der Waals surface area contributed by atoms with Gasteiger partial charge in [-0.1, -0.05) is 20.8 Å². The van der Waals surface area contributed by atoms with Gasteiger partial charge in [-0.15, -0.1) is 0 Å². The summed E-state index contributed by atoms with van der Waals surface area (Å²) in [4.78, 5) is 8.86. The molecule has 2 N–H and O–H groups in total. The maximum atomic E-state index is 4.47. The number of nitrogens with zero attached hydrogens (tertiary/aromatic N) is 2. The van der Waals surface area contributed by atoms with Gasteiger partial charge in [-0.3, -0.25) is 0 Å². The fraction of sp³-hybridized carbons (Fsp3) is 0.733. The van der Waals surface area contributed by atoms with E-state index in [0.29, 0.717) is 0 Å². The average molecular weight is 262 g/mol. The molecule has 0 amide bonds. The van der Waals surface area contributed by atoms with Crippen LogP contribution >= 0.6 is 0 Å². The molecule has 0 unspecified atom stereocenters.